The molecular weight excluding hydrogens is 146 g/mol. The third kappa shape index (κ3) is 2.17. The SMILES string of the molecule is N[C@@H](C(=O)O)C1CCCCO1. The molecule has 3 N–H and O–H groups in total. The summed E-state index contributed by atoms with van der Waals surface area (Å²) in [4.78, 5) is 10.4. The monoisotopic (exact) mass is 159 g/mol. The Bertz CT molecular complexity index is 143. The average Bonchev–Trinajstić information content (AvgIpc) is 2.05. The van der Waals surface area contributed by atoms with Crippen LogP contribution in [0.5, 0.6) is 0 Å². The molecule has 1 rings (SSSR count). The van der Waals surface area contributed by atoms with Crippen LogP contribution >= 0.6 is 0 Å². The van der Waals surface area contributed by atoms with Gasteiger partial charge < -0.3 is 15.6 Å². The summed E-state index contributed by atoms with van der Waals surface area (Å²) in [5, 5.41) is 8.53. The van der Waals surface area contributed by atoms with Crippen molar-refractivity contribution in [3.63, 3.8) is 0 Å². The molecule has 0 bridgehead atoms. The predicted octanol–water partition coefficient (Wildman–Crippen LogP) is -0.0326. The van der Waals surface area contributed by atoms with Gasteiger partial charge in [0.2, 0.25) is 0 Å². The lowest BCUT2D eigenvalue weighted by Gasteiger charge is -2.25. The minimum Gasteiger partial charge on any atom is -0.480 e. The highest BCUT2D eigenvalue weighted by atomic mass is 16.5. The van der Waals surface area contributed by atoms with E-state index < -0.39 is 12.0 Å². The molecule has 4 heteroatoms. The molecule has 0 aromatic heterocycles. The third-order valence-electron chi connectivity index (χ3n) is 1.90. The number of aliphatic carboxylic acids is 1. The molecule has 1 aliphatic heterocycles. The van der Waals surface area contributed by atoms with Crippen LogP contribution in [-0.4, -0.2) is 29.8 Å². The molecule has 0 radical (unpaired) electrons. The van der Waals surface area contributed by atoms with Gasteiger partial charge in [-0.15, -0.1) is 0 Å². The van der Waals surface area contributed by atoms with E-state index in [1.165, 1.54) is 0 Å². The second-order valence-corrected chi connectivity index (χ2v) is 2.77. The van der Waals surface area contributed by atoms with Crippen LogP contribution < -0.4 is 5.73 Å². The molecule has 0 aliphatic carbocycles. The molecule has 64 valence electrons. The standard InChI is InChI=1S/C7H13NO3/c8-6(7(9)10)5-3-1-2-4-11-5/h5-6H,1-4,8H2,(H,9,10)/t5?,6-/m1/s1. The third-order valence-corrected chi connectivity index (χ3v) is 1.90. The number of carboxylic acid groups (broad SMARTS) is 1. The molecule has 2 atom stereocenters. The topological polar surface area (TPSA) is 72.6 Å². The highest BCUT2D eigenvalue weighted by Crippen LogP contribution is 2.14. The van der Waals surface area contributed by atoms with Crippen molar-refractivity contribution in [3.8, 4) is 0 Å². The molecule has 11 heavy (non-hydrogen) atoms. The van der Waals surface area contributed by atoms with Crippen molar-refractivity contribution < 1.29 is 14.6 Å². The van der Waals surface area contributed by atoms with Crippen LogP contribution in [0.3, 0.4) is 0 Å². The van der Waals surface area contributed by atoms with Crippen molar-refractivity contribution in [3.05, 3.63) is 0 Å². The van der Waals surface area contributed by atoms with E-state index in [1.807, 2.05) is 0 Å². The van der Waals surface area contributed by atoms with Crippen LogP contribution in [-0.2, 0) is 9.53 Å². The first-order chi connectivity index (χ1) is 5.22. The van der Waals surface area contributed by atoms with Crippen molar-refractivity contribution in [2.24, 2.45) is 5.73 Å². The van der Waals surface area contributed by atoms with Gasteiger partial charge >= 0.3 is 5.97 Å². The quantitative estimate of drug-likeness (QED) is 0.593. The fourth-order valence-corrected chi connectivity index (χ4v) is 1.21. The molecular formula is C7H13NO3. The number of hydrogen-bond donors (Lipinski definition) is 2. The number of rotatable bonds is 2. The van der Waals surface area contributed by atoms with E-state index in [1.54, 1.807) is 0 Å². The zero-order valence-corrected chi connectivity index (χ0v) is 6.32. The van der Waals surface area contributed by atoms with Gasteiger partial charge in [0.05, 0.1) is 6.10 Å². The van der Waals surface area contributed by atoms with Crippen LogP contribution in [0.15, 0.2) is 0 Å². The Hall–Kier alpha value is -0.610. The van der Waals surface area contributed by atoms with Crippen LogP contribution in [0.1, 0.15) is 19.3 Å². The van der Waals surface area contributed by atoms with Crippen LogP contribution in [0.4, 0.5) is 0 Å². The maximum atomic E-state index is 10.4. The molecule has 1 aliphatic rings. The van der Waals surface area contributed by atoms with Gasteiger partial charge in [0.25, 0.3) is 0 Å². The second-order valence-electron chi connectivity index (χ2n) is 2.77. The molecule has 0 spiro atoms. The summed E-state index contributed by atoms with van der Waals surface area (Å²) in [5.74, 6) is -0.975. The van der Waals surface area contributed by atoms with Gasteiger partial charge in [0.15, 0.2) is 0 Å². The fraction of sp³-hybridized carbons (Fsp3) is 0.857. The smallest absolute Gasteiger partial charge is 0.323 e. The van der Waals surface area contributed by atoms with Crippen molar-refractivity contribution >= 4 is 5.97 Å². The Balaban J connectivity index is 2.38. The first-order valence-electron chi connectivity index (χ1n) is 3.82. The van der Waals surface area contributed by atoms with E-state index in [2.05, 4.69) is 0 Å². The van der Waals surface area contributed by atoms with Gasteiger partial charge in [-0.3, -0.25) is 4.79 Å². The molecule has 0 amide bonds. The first kappa shape index (κ1) is 8.49. The van der Waals surface area contributed by atoms with Crippen molar-refractivity contribution in [2.45, 2.75) is 31.4 Å². The Morgan fingerprint density at radius 2 is 2.36 bits per heavy atom. The van der Waals surface area contributed by atoms with Gasteiger partial charge in [-0.2, -0.15) is 0 Å². The van der Waals surface area contributed by atoms with E-state index in [0.29, 0.717) is 6.61 Å². The minimum absolute atomic E-state index is 0.277. The van der Waals surface area contributed by atoms with E-state index in [-0.39, 0.29) is 6.10 Å². The fourth-order valence-electron chi connectivity index (χ4n) is 1.21. The zero-order chi connectivity index (χ0) is 8.27. The van der Waals surface area contributed by atoms with Crippen molar-refractivity contribution in [2.75, 3.05) is 6.61 Å². The molecule has 0 aromatic rings. The Morgan fingerprint density at radius 1 is 1.64 bits per heavy atom. The lowest BCUT2D eigenvalue weighted by molar-refractivity contribution is -0.143. The van der Waals surface area contributed by atoms with Crippen LogP contribution in [0.25, 0.3) is 0 Å². The molecule has 1 heterocycles. The second kappa shape index (κ2) is 3.69. The number of carbonyl (C=O) groups is 1. The Kier molecular flexibility index (Phi) is 2.84. The summed E-state index contributed by atoms with van der Waals surface area (Å²) >= 11 is 0. The number of hydrogen-bond acceptors (Lipinski definition) is 3. The zero-order valence-electron chi connectivity index (χ0n) is 6.32. The van der Waals surface area contributed by atoms with E-state index in [4.69, 9.17) is 15.6 Å². The summed E-state index contributed by atoms with van der Waals surface area (Å²) in [5.41, 5.74) is 5.37. The number of ether oxygens (including phenoxy) is 1. The van der Waals surface area contributed by atoms with Gasteiger partial charge in [-0.1, -0.05) is 0 Å². The summed E-state index contributed by atoms with van der Waals surface area (Å²) in [6, 6.07) is -0.852. The summed E-state index contributed by atoms with van der Waals surface area (Å²) in [6.45, 7) is 0.644. The first-order valence-corrected chi connectivity index (χ1v) is 3.82. The number of nitrogens with two attached hydrogens (primary N) is 1. The molecule has 1 unspecified atom stereocenters. The maximum Gasteiger partial charge on any atom is 0.323 e. The van der Waals surface area contributed by atoms with Gasteiger partial charge in [-0.05, 0) is 19.3 Å². The normalized spacial score (nSPS) is 27.9. The van der Waals surface area contributed by atoms with E-state index in [9.17, 15) is 4.79 Å². The summed E-state index contributed by atoms with van der Waals surface area (Å²) in [6.07, 6.45) is 2.53. The van der Waals surface area contributed by atoms with Crippen LogP contribution in [0.2, 0.25) is 0 Å². The maximum absolute atomic E-state index is 10.4. The molecule has 1 fully saturated rings. The largest absolute Gasteiger partial charge is 0.480 e. The minimum atomic E-state index is -0.975. The van der Waals surface area contributed by atoms with Gasteiger partial charge in [-0.25, -0.2) is 0 Å². The molecule has 0 aromatic carbocycles. The van der Waals surface area contributed by atoms with Gasteiger partial charge in [0.1, 0.15) is 6.04 Å². The Morgan fingerprint density at radius 3 is 2.82 bits per heavy atom. The van der Waals surface area contributed by atoms with E-state index in [0.717, 1.165) is 19.3 Å². The number of carboxylic acids is 1. The predicted molar refractivity (Wildman–Crippen MR) is 39.2 cm³/mol. The Labute approximate surface area is 65.3 Å². The molecule has 1 saturated heterocycles. The summed E-state index contributed by atoms with van der Waals surface area (Å²) in [7, 11) is 0. The van der Waals surface area contributed by atoms with Crippen molar-refractivity contribution in [1.82, 2.24) is 0 Å². The lowest BCUT2D eigenvalue weighted by Crippen LogP contribution is -2.44. The van der Waals surface area contributed by atoms with Crippen molar-refractivity contribution in [1.29, 1.82) is 0 Å². The highest BCUT2D eigenvalue weighted by molar-refractivity contribution is 5.73. The lowest BCUT2D eigenvalue weighted by atomic mass is 10.0. The van der Waals surface area contributed by atoms with E-state index >= 15 is 0 Å². The van der Waals surface area contributed by atoms with Gasteiger partial charge in [0, 0.05) is 6.61 Å². The molecule has 4 nitrogen and oxygen atoms in total. The molecule has 0 saturated carbocycles. The van der Waals surface area contributed by atoms with Crippen LogP contribution in [0, 0.1) is 0 Å². The average molecular weight is 159 g/mol. The summed E-state index contributed by atoms with van der Waals surface area (Å²) < 4.78 is 5.20. The highest BCUT2D eigenvalue weighted by Gasteiger charge is 2.26.